The van der Waals surface area contributed by atoms with E-state index in [9.17, 15) is 14.4 Å². The van der Waals surface area contributed by atoms with Gasteiger partial charge in [0.2, 0.25) is 5.91 Å². The van der Waals surface area contributed by atoms with Crippen LogP contribution in [0.2, 0.25) is 5.02 Å². The summed E-state index contributed by atoms with van der Waals surface area (Å²) in [6.45, 7) is 1.82. The van der Waals surface area contributed by atoms with E-state index in [0.29, 0.717) is 28.0 Å². The summed E-state index contributed by atoms with van der Waals surface area (Å²) in [4.78, 5) is 37.2. The molecule has 4 amide bonds. The highest BCUT2D eigenvalue weighted by Gasteiger charge is 2.62. The highest BCUT2D eigenvalue weighted by Crippen LogP contribution is 2.50. The number of aryl methyl sites for hydroxylation is 1. The maximum absolute atomic E-state index is 12.5. The van der Waals surface area contributed by atoms with Gasteiger partial charge < -0.3 is 0 Å². The zero-order chi connectivity index (χ0) is 14.7. The van der Waals surface area contributed by atoms with Gasteiger partial charge in [0.15, 0.2) is 0 Å². The Morgan fingerprint density at radius 3 is 2.55 bits per heavy atom. The molecular weight excluding hydrogens is 348 g/mol. The van der Waals surface area contributed by atoms with E-state index in [1.807, 2.05) is 6.92 Å². The van der Waals surface area contributed by atoms with Gasteiger partial charge in [-0.3, -0.25) is 14.9 Å². The Kier molecular flexibility index (Phi) is 2.92. The molecule has 1 aliphatic heterocycles. The Bertz CT molecular complexity index is 670. The molecule has 20 heavy (non-hydrogen) atoms. The molecule has 0 radical (unpaired) electrons. The molecule has 0 bridgehead atoms. The Balaban J connectivity index is 2.09. The average molecular weight is 358 g/mol. The molecule has 1 aliphatic carbocycles. The van der Waals surface area contributed by atoms with Gasteiger partial charge in [0.05, 0.1) is 5.69 Å². The standard InChI is InChI=1S/C13H10BrClN2O3/c1-6-4-7(14)9(5-8(6)15)17-11(19)13(2-3-13)10(18)16-12(17)20/h4-5H,2-3H2,1H3,(H,16,18,20). The van der Waals surface area contributed by atoms with Crippen LogP contribution in [0, 0.1) is 12.3 Å². The van der Waals surface area contributed by atoms with Crippen molar-refractivity contribution in [3.8, 4) is 0 Å². The molecule has 1 N–H and O–H groups in total. The van der Waals surface area contributed by atoms with Crippen LogP contribution in [0.15, 0.2) is 16.6 Å². The summed E-state index contributed by atoms with van der Waals surface area (Å²) in [6.07, 6.45) is 0.942. The van der Waals surface area contributed by atoms with Crippen LogP contribution in [0.1, 0.15) is 18.4 Å². The predicted octanol–water partition coefficient (Wildman–Crippen LogP) is 2.77. The third kappa shape index (κ3) is 1.78. The van der Waals surface area contributed by atoms with Crippen LogP contribution in [-0.4, -0.2) is 17.8 Å². The van der Waals surface area contributed by atoms with Crippen LogP contribution >= 0.6 is 27.5 Å². The number of nitrogens with zero attached hydrogens (tertiary/aromatic N) is 1. The fourth-order valence-electron chi connectivity index (χ4n) is 2.27. The Morgan fingerprint density at radius 1 is 1.30 bits per heavy atom. The van der Waals surface area contributed by atoms with Crippen LogP contribution in [0.3, 0.4) is 0 Å². The first-order chi connectivity index (χ1) is 9.36. The molecule has 1 saturated carbocycles. The van der Waals surface area contributed by atoms with Crippen LogP contribution in [0.25, 0.3) is 0 Å². The van der Waals surface area contributed by atoms with E-state index in [0.717, 1.165) is 10.5 Å². The first kappa shape index (κ1) is 13.6. The number of hydrogen-bond acceptors (Lipinski definition) is 3. The molecule has 104 valence electrons. The Labute approximate surface area is 128 Å². The summed E-state index contributed by atoms with van der Waals surface area (Å²) in [7, 11) is 0. The molecule has 1 spiro atoms. The second-order valence-corrected chi connectivity index (χ2v) is 6.30. The minimum Gasteiger partial charge on any atom is -0.276 e. The molecule has 7 heteroatoms. The van der Waals surface area contributed by atoms with Crippen molar-refractivity contribution >= 4 is 51.1 Å². The summed E-state index contributed by atoms with van der Waals surface area (Å²) in [6, 6.07) is 2.54. The SMILES string of the molecule is Cc1cc(Br)c(N2C(=O)NC(=O)C3(CC3)C2=O)cc1Cl. The molecule has 1 saturated heterocycles. The highest BCUT2D eigenvalue weighted by atomic mass is 79.9. The average Bonchev–Trinajstić information content (AvgIpc) is 3.15. The van der Waals surface area contributed by atoms with Crippen molar-refractivity contribution in [1.29, 1.82) is 0 Å². The van der Waals surface area contributed by atoms with Crippen molar-refractivity contribution < 1.29 is 14.4 Å². The summed E-state index contributed by atoms with van der Waals surface area (Å²) in [5, 5.41) is 2.69. The second kappa shape index (κ2) is 4.30. The van der Waals surface area contributed by atoms with E-state index in [2.05, 4.69) is 21.2 Å². The fraction of sp³-hybridized carbons (Fsp3) is 0.308. The third-order valence-electron chi connectivity index (χ3n) is 3.69. The van der Waals surface area contributed by atoms with E-state index in [1.54, 1.807) is 12.1 Å². The van der Waals surface area contributed by atoms with Crippen molar-refractivity contribution in [2.75, 3.05) is 4.90 Å². The maximum atomic E-state index is 12.5. The highest BCUT2D eigenvalue weighted by molar-refractivity contribution is 9.10. The minimum absolute atomic E-state index is 0.349. The van der Waals surface area contributed by atoms with Gasteiger partial charge in [0.25, 0.3) is 5.91 Å². The first-order valence-corrected chi connectivity index (χ1v) is 7.19. The van der Waals surface area contributed by atoms with Gasteiger partial charge in [-0.15, -0.1) is 0 Å². The lowest BCUT2D eigenvalue weighted by molar-refractivity contribution is -0.136. The molecule has 1 aromatic carbocycles. The largest absolute Gasteiger partial charge is 0.335 e. The summed E-state index contributed by atoms with van der Waals surface area (Å²) < 4.78 is 0.577. The molecule has 0 atom stereocenters. The molecule has 0 unspecified atom stereocenters. The molecule has 2 fully saturated rings. The van der Waals surface area contributed by atoms with Crippen molar-refractivity contribution in [1.82, 2.24) is 5.32 Å². The number of rotatable bonds is 1. The second-order valence-electron chi connectivity index (χ2n) is 5.03. The zero-order valence-electron chi connectivity index (χ0n) is 10.5. The van der Waals surface area contributed by atoms with Gasteiger partial charge in [-0.05, 0) is 53.4 Å². The molecule has 3 rings (SSSR count). The molecule has 2 aliphatic rings. The molecule has 1 heterocycles. The normalized spacial score (nSPS) is 20.4. The van der Waals surface area contributed by atoms with Crippen molar-refractivity contribution in [2.24, 2.45) is 5.41 Å². The number of amides is 4. The lowest BCUT2D eigenvalue weighted by Gasteiger charge is -2.31. The van der Waals surface area contributed by atoms with Crippen LogP contribution < -0.4 is 10.2 Å². The lowest BCUT2D eigenvalue weighted by atomic mass is 10.0. The van der Waals surface area contributed by atoms with Crippen molar-refractivity contribution in [2.45, 2.75) is 19.8 Å². The zero-order valence-corrected chi connectivity index (χ0v) is 12.8. The van der Waals surface area contributed by atoms with Crippen LogP contribution in [0.5, 0.6) is 0 Å². The number of benzene rings is 1. The number of imide groups is 2. The maximum Gasteiger partial charge on any atom is 0.335 e. The monoisotopic (exact) mass is 356 g/mol. The number of carbonyl (C=O) groups excluding carboxylic acids is 3. The van der Waals surface area contributed by atoms with E-state index >= 15 is 0 Å². The molecule has 1 aromatic rings. The number of anilines is 1. The molecule has 0 aromatic heterocycles. The van der Waals surface area contributed by atoms with E-state index < -0.39 is 23.3 Å². The smallest absolute Gasteiger partial charge is 0.276 e. The number of barbiturate groups is 1. The number of nitrogens with one attached hydrogen (secondary N) is 1. The van der Waals surface area contributed by atoms with Crippen molar-refractivity contribution in [3.63, 3.8) is 0 Å². The summed E-state index contributed by atoms with van der Waals surface area (Å²) in [5.74, 6) is -0.982. The van der Waals surface area contributed by atoms with Crippen LogP contribution in [-0.2, 0) is 9.59 Å². The topological polar surface area (TPSA) is 66.5 Å². The Hall–Kier alpha value is -1.40. The van der Waals surface area contributed by atoms with Gasteiger partial charge in [-0.2, -0.15) is 0 Å². The Morgan fingerprint density at radius 2 is 1.95 bits per heavy atom. The van der Waals surface area contributed by atoms with E-state index in [4.69, 9.17) is 11.6 Å². The third-order valence-corrected chi connectivity index (χ3v) is 4.73. The van der Waals surface area contributed by atoms with E-state index in [1.165, 1.54) is 0 Å². The molecular formula is C13H10BrClN2O3. The van der Waals surface area contributed by atoms with Gasteiger partial charge >= 0.3 is 6.03 Å². The quantitative estimate of drug-likeness (QED) is 0.786. The first-order valence-electron chi connectivity index (χ1n) is 6.02. The van der Waals surface area contributed by atoms with Crippen LogP contribution in [0.4, 0.5) is 10.5 Å². The number of carbonyl (C=O) groups is 3. The lowest BCUT2D eigenvalue weighted by Crippen LogP contribution is -2.59. The minimum atomic E-state index is -1.06. The fourth-order valence-corrected chi connectivity index (χ4v) is 3.06. The van der Waals surface area contributed by atoms with Gasteiger partial charge in [0.1, 0.15) is 5.41 Å². The van der Waals surface area contributed by atoms with Gasteiger partial charge in [0, 0.05) is 9.50 Å². The molecule has 5 nitrogen and oxygen atoms in total. The summed E-state index contributed by atoms with van der Waals surface area (Å²) in [5.41, 5.74) is 0.108. The number of halogens is 2. The predicted molar refractivity (Wildman–Crippen MR) is 76.6 cm³/mol. The summed E-state index contributed by atoms with van der Waals surface area (Å²) >= 11 is 9.39. The van der Waals surface area contributed by atoms with Gasteiger partial charge in [-0.1, -0.05) is 11.6 Å². The number of urea groups is 1. The van der Waals surface area contributed by atoms with Crippen molar-refractivity contribution in [3.05, 3.63) is 27.2 Å². The van der Waals surface area contributed by atoms with Gasteiger partial charge in [-0.25, -0.2) is 9.69 Å². The number of hydrogen-bond donors (Lipinski definition) is 1. The van der Waals surface area contributed by atoms with E-state index in [-0.39, 0.29) is 0 Å².